The van der Waals surface area contributed by atoms with E-state index < -0.39 is 0 Å². The SMILES string of the molecule is COCCCC(N)CN(CCC(C)C)C1CCCC1. The summed E-state index contributed by atoms with van der Waals surface area (Å²) < 4.78 is 5.11. The zero-order chi connectivity index (χ0) is 14.1. The summed E-state index contributed by atoms with van der Waals surface area (Å²) in [6, 6.07) is 1.11. The number of ether oxygens (including phenoxy) is 1. The molecule has 1 aliphatic rings. The fraction of sp³-hybridized carbons (Fsp3) is 1.00. The van der Waals surface area contributed by atoms with Crippen molar-refractivity contribution in [2.75, 3.05) is 26.8 Å². The lowest BCUT2D eigenvalue weighted by atomic mass is 10.1. The van der Waals surface area contributed by atoms with Gasteiger partial charge in [0.25, 0.3) is 0 Å². The molecule has 0 saturated heterocycles. The van der Waals surface area contributed by atoms with Gasteiger partial charge in [0.15, 0.2) is 0 Å². The highest BCUT2D eigenvalue weighted by atomic mass is 16.5. The molecule has 114 valence electrons. The molecule has 1 fully saturated rings. The number of rotatable bonds is 10. The average Bonchev–Trinajstić information content (AvgIpc) is 2.88. The summed E-state index contributed by atoms with van der Waals surface area (Å²) in [5, 5.41) is 0. The van der Waals surface area contributed by atoms with Crippen LogP contribution in [0.1, 0.15) is 58.8 Å². The van der Waals surface area contributed by atoms with Crippen molar-refractivity contribution < 1.29 is 4.74 Å². The molecule has 1 aliphatic carbocycles. The maximum atomic E-state index is 6.29. The van der Waals surface area contributed by atoms with E-state index in [0.29, 0.717) is 6.04 Å². The molecule has 0 aromatic heterocycles. The van der Waals surface area contributed by atoms with Crippen LogP contribution in [-0.2, 0) is 4.74 Å². The molecule has 1 unspecified atom stereocenters. The quantitative estimate of drug-likeness (QED) is 0.620. The van der Waals surface area contributed by atoms with E-state index in [1.807, 2.05) is 0 Å². The smallest absolute Gasteiger partial charge is 0.0462 e. The van der Waals surface area contributed by atoms with Crippen molar-refractivity contribution in [1.82, 2.24) is 4.90 Å². The van der Waals surface area contributed by atoms with E-state index in [0.717, 1.165) is 38.0 Å². The van der Waals surface area contributed by atoms with Crippen LogP contribution in [0.5, 0.6) is 0 Å². The second-order valence-corrected chi connectivity index (χ2v) is 6.51. The summed E-state index contributed by atoms with van der Waals surface area (Å²) in [6.45, 7) is 7.75. The average molecular weight is 270 g/mol. The van der Waals surface area contributed by atoms with Gasteiger partial charge in [0.1, 0.15) is 0 Å². The van der Waals surface area contributed by atoms with E-state index in [-0.39, 0.29) is 0 Å². The summed E-state index contributed by atoms with van der Waals surface area (Å²) in [4.78, 5) is 2.67. The zero-order valence-electron chi connectivity index (χ0n) is 13.2. The van der Waals surface area contributed by atoms with Crippen molar-refractivity contribution >= 4 is 0 Å². The fourth-order valence-corrected chi connectivity index (χ4v) is 3.00. The van der Waals surface area contributed by atoms with Gasteiger partial charge in [0, 0.05) is 32.3 Å². The minimum atomic E-state index is 0.308. The molecule has 1 saturated carbocycles. The normalized spacial score (nSPS) is 18.6. The van der Waals surface area contributed by atoms with Crippen LogP contribution in [0, 0.1) is 5.92 Å². The summed E-state index contributed by atoms with van der Waals surface area (Å²) in [5.41, 5.74) is 6.29. The van der Waals surface area contributed by atoms with Crippen molar-refractivity contribution in [1.29, 1.82) is 0 Å². The van der Waals surface area contributed by atoms with Crippen LogP contribution in [0.4, 0.5) is 0 Å². The Morgan fingerprint density at radius 1 is 1.21 bits per heavy atom. The molecular formula is C16H34N2O. The molecule has 0 aromatic carbocycles. The van der Waals surface area contributed by atoms with E-state index >= 15 is 0 Å². The highest BCUT2D eigenvalue weighted by molar-refractivity contribution is 4.80. The zero-order valence-corrected chi connectivity index (χ0v) is 13.2. The van der Waals surface area contributed by atoms with Crippen LogP contribution in [0.25, 0.3) is 0 Å². The van der Waals surface area contributed by atoms with Crippen molar-refractivity contribution in [2.45, 2.75) is 70.9 Å². The van der Waals surface area contributed by atoms with Crippen molar-refractivity contribution in [2.24, 2.45) is 11.7 Å². The molecule has 2 N–H and O–H groups in total. The highest BCUT2D eigenvalue weighted by Gasteiger charge is 2.23. The van der Waals surface area contributed by atoms with Gasteiger partial charge >= 0.3 is 0 Å². The Kier molecular flexibility index (Phi) is 8.67. The van der Waals surface area contributed by atoms with E-state index in [9.17, 15) is 0 Å². The minimum Gasteiger partial charge on any atom is -0.385 e. The third kappa shape index (κ3) is 7.28. The Balaban J connectivity index is 2.34. The van der Waals surface area contributed by atoms with Gasteiger partial charge in [-0.25, -0.2) is 0 Å². The standard InChI is InChI=1S/C16H34N2O/c1-14(2)10-11-18(16-8-4-5-9-16)13-15(17)7-6-12-19-3/h14-16H,4-13,17H2,1-3H3. The molecule has 19 heavy (non-hydrogen) atoms. The largest absolute Gasteiger partial charge is 0.385 e. The van der Waals surface area contributed by atoms with Crippen molar-refractivity contribution in [3.05, 3.63) is 0 Å². The topological polar surface area (TPSA) is 38.5 Å². The molecular weight excluding hydrogens is 236 g/mol. The van der Waals surface area contributed by atoms with E-state index in [4.69, 9.17) is 10.5 Å². The Morgan fingerprint density at radius 3 is 2.47 bits per heavy atom. The van der Waals surface area contributed by atoms with Crippen LogP contribution < -0.4 is 5.73 Å². The minimum absolute atomic E-state index is 0.308. The summed E-state index contributed by atoms with van der Waals surface area (Å²) >= 11 is 0. The number of nitrogens with two attached hydrogens (primary N) is 1. The fourth-order valence-electron chi connectivity index (χ4n) is 3.00. The maximum Gasteiger partial charge on any atom is 0.0462 e. The monoisotopic (exact) mass is 270 g/mol. The summed E-state index contributed by atoms with van der Waals surface area (Å²) in [5.74, 6) is 0.786. The number of methoxy groups -OCH3 is 1. The summed E-state index contributed by atoms with van der Waals surface area (Å²) in [6.07, 6.45) is 9.02. The van der Waals surface area contributed by atoms with Gasteiger partial charge in [-0.15, -0.1) is 0 Å². The lowest BCUT2D eigenvalue weighted by molar-refractivity contribution is 0.163. The van der Waals surface area contributed by atoms with Crippen LogP contribution >= 0.6 is 0 Å². The lowest BCUT2D eigenvalue weighted by Gasteiger charge is -2.31. The van der Waals surface area contributed by atoms with Crippen LogP contribution in [0.3, 0.4) is 0 Å². The van der Waals surface area contributed by atoms with Gasteiger partial charge in [-0.1, -0.05) is 26.7 Å². The number of hydrogen-bond acceptors (Lipinski definition) is 3. The Labute approximate surface area is 119 Å². The molecule has 0 radical (unpaired) electrons. The number of hydrogen-bond donors (Lipinski definition) is 1. The molecule has 0 bridgehead atoms. The van der Waals surface area contributed by atoms with Crippen molar-refractivity contribution in [3.63, 3.8) is 0 Å². The number of nitrogens with zero attached hydrogens (tertiary/aromatic N) is 1. The van der Waals surface area contributed by atoms with E-state index in [2.05, 4.69) is 18.7 Å². The van der Waals surface area contributed by atoms with Gasteiger partial charge in [0.05, 0.1) is 0 Å². The molecule has 0 heterocycles. The third-order valence-electron chi connectivity index (χ3n) is 4.23. The second kappa shape index (κ2) is 9.73. The predicted molar refractivity (Wildman–Crippen MR) is 82.4 cm³/mol. The maximum absolute atomic E-state index is 6.29. The van der Waals surface area contributed by atoms with Crippen LogP contribution in [-0.4, -0.2) is 43.8 Å². The van der Waals surface area contributed by atoms with Gasteiger partial charge < -0.3 is 10.5 Å². The third-order valence-corrected chi connectivity index (χ3v) is 4.23. The molecule has 3 nitrogen and oxygen atoms in total. The molecule has 0 aromatic rings. The van der Waals surface area contributed by atoms with Crippen molar-refractivity contribution in [3.8, 4) is 0 Å². The summed E-state index contributed by atoms with van der Waals surface area (Å²) in [7, 11) is 1.76. The van der Waals surface area contributed by atoms with Gasteiger partial charge in [-0.05, 0) is 44.6 Å². The van der Waals surface area contributed by atoms with Gasteiger partial charge in [0.2, 0.25) is 0 Å². The van der Waals surface area contributed by atoms with Gasteiger partial charge in [-0.2, -0.15) is 0 Å². The Bertz CT molecular complexity index is 215. The Morgan fingerprint density at radius 2 is 1.89 bits per heavy atom. The first-order valence-electron chi connectivity index (χ1n) is 8.12. The molecule has 3 heteroatoms. The first-order chi connectivity index (χ1) is 9.13. The second-order valence-electron chi connectivity index (χ2n) is 6.51. The van der Waals surface area contributed by atoms with E-state index in [1.165, 1.54) is 38.6 Å². The molecule has 1 atom stereocenters. The van der Waals surface area contributed by atoms with Gasteiger partial charge in [-0.3, -0.25) is 4.90 Å². The van der Waals surface area contributed by atoms with Crippen LogP contribution in [0.2, 0.25) is 0 Å². The molecule has 0 spiro atoms. The van der Waals surface area contributed by atoms with E-state index in [1.54, 1.807) is 7.11 Å². The predicted octanol–water partition coefficient (Wildman–Crippen LogP) is 3.03. The first-order valence-corrected chi connectivity index (χ1v) is 8.12. The lowest BCUT2D eigenvalue weighted by Crippen LogP contribution is -2.43. The molecule has 1 rings (SSSR count). The molecule has 0 aliphatic heterocycles. The van der Waals surface area contributed by atoms with Crippen LogP contribution in [0.15, 0.2) is 0 Å². The first kappa shape index (κ1) is 16.9. The Hall–Kier alpha value is -0.120. The molecule has 0 amide bonds. The highest BCUT2D eigenvalue weighted by Crippen LogP contribution is 2.24.